The van der Waals surface area contributed by atoms with Gasteiger partial charge in [0, 0.05) is 37.6 Å². The fraction of sp³-hybridized carbons (Fsp3) is 0.500. The maximum atomic E-state index is 12.8. The molecule has 6 heteroatoms. The summed E-state index contributed by atoms with van der Waals surface area (Å²) in [5.74, 6) is -0.0560. The van der Waals surface area contributed by atoms with Crippen LogP contribution in [0.1, 0.15) is 60.0 Å². The Kier molecular flexibility index (Phi) is 7.42. The third-order valence-corrected chi connectivity index (χ3v) is 7.39. The zero-order chi connectivity index (χ0) is 20.8. The predicted molar refractivity (Wildman–Crippen MR) is 120 cm³/mol. The normalized spacial score (nSPS) is 18.6. The number of aliphatic hydroxyl groups excluding tert-OH is 1. The molecule has 0 radical (unpaired) electrons. The van der Waals surface area contributed by atoms with Crippen molar-refractivity contribution < 1.29 is 9.90 Å². The van der Waals surface area contributed by atoms with E-state index in [4.69, 9.17) is 0 Å². The van der Waals surface area contributed by atoms with Crippen molar-refractivity contribution >= 4 is 17.7 Å². The molecular formula is C24H31N3O2S. The number of rotatable bonds is 7. The average molecular weight is 426 g/mol. The van der Waals surface area contributed by atoms with Gasteiger partial charge in [0.15, 0.2) is 0 Å². The van der Waals surface area contributed by atoms with Crippen LogP contribution < -0.4 is 5.32 Å². The smallest absolute Gasteiger partial charge is 0.254 e. The van der Waals surface area contributed by atoms with Crippen molar-refractivity contribution in [3.8, 4) is 0 Å². The van der Waals surface area contributed by atoms with E-state index in [1.165, 1.54) is 31.2 Å². The van der Waals surface area contributed by atoms with E-state index in [-0.39, 0.29) is 12.0 Å². The minimum absolute atomic E-state index is 0.0560. The molecule has 1 amide bonds. The molecule has 0 bridgehead atoms. The number of nitrogens with zero attached hydrogens (tertiary/aromatic N) is 2. The molecule has 4 rings (SSSR count). The molecule has 0 unspecified atom stereocenters. The van der Waals surface area contributed by atoms with Crippen LogP contribution in [0.5, 0.6) is 0 Å². The Morgan fingerprint density at radius 2 is 1.77 bits per heavy atom. The van der Waals surface area contributed by atoms with Crippen molar-refractivity contribution in [1.82, 2.24) is 15.2 Å². The molecule has 160 valence electrons. The Balaban J connectivity index is 1.30. The van der Waals surface area contributed by atoms with Crippen molar-refractivity contribution in [3.63, 3.8) is 0 Å². The number of pyridine rings is 1. The molecule has 1 saturated carbocycles. The van der Waals surface area contributed by atoms with Gasteiger partial charge >= 0.3 is 0 Å². The number of carbonyl (C=O) groups is 1. The van der Waals surface area contributed by atoms with Crippen LogP contribution in [0.25, 0.3) is 0 Å². The molecule has 1 aliphatic heterocycles. The zero-order valence-corrected chi connectivity index (χ0v) is 18.2. The van der Waals surface area contributed by atoms with E-state index in [0.29, 0.717) is 17.4 Å². The summed E-state index contributed by atoms with van der Waals surface area (Å²) in [6.45, 7) is 3.32. The minimum Gasteiger partial charge on any atom is -0.393 e. The largest absolute Gasteiger partial charge is 0.393 e. The molecule has 0 atom stereocenters. The van der Waals surface area contributed by atoms with Gasteiger partial charge in [0.2, 0.25) is 0 Å². The van der Waals surface area contributed by atoms with Crippen LogP contribution in [-0.4, -0.2) is 45.3 Å². The monoisotopic (exact) mass is 425 g/mol. The number of amides is 1. The lowest BCUT2D eigenvalue weighted by Gasteiger charge is -2.29. The summed E-state index contributed by atoms with van der Waals surface area (Å²) in [6, 6.07) is 12.2. The first-order valence-electron chi connectivity index (χ1n) is 11.1. The summed E-state index contributed by atoms with van der Waals surface area (Å²) in [6.07, 6.45) is 8.35. The highest BCUT2D eigenvalue weighted by Crippen LogP contribution is 2.35. The molecule has 0 spiro atoms. The second kappa shape index (κ2) is 10.4. The number of thioether (sulfide) groups is 1. The molecule has 1 aromatic heterocycles. The van der Waals surface area contributed by atoms with E-state index in [9.17, 15) is 9.90 Å². The molecule has 2 aliphatic rings. The number of carbonyl (C=O) groups excluding carboxylic acids is 1. The Morgan fingerprint density at radius 1 is 1.07 bits per heavy atom. The van der Waals surface area contributed by atoms with Crippen molar-refractivity contribution in [2.45, 2.75) is 68.0 Å². The average Bonchev–Trinajstić information content (AvgIpc) is 3.28. The molecule has 1 saturated heterocycles. The molecule has 1 aromatic carbocycles. The summed E-state index contributed by atoms with van der Waals surface area (Å²) in [7, 11) is 0. The van der Waals surface area contributed by atoms with E-state index in [1.807, 2.05) is 12.1 Å². The van der Waals surface area contributed by atoms with E-state index in [2.05, 4.69) is 39.5 Å². The number of likely N-dealkylation sites (tertiary alicyclic amines) is 1. The van der Waals surface area contributed by atoms with Crippen LogP contribution in [0.3, 0.4) is 0 Å². The molecule has 2 heterocycles. The van der Waals surface area contributed by atoms with Gasteiger partial charge in [-0.2, -0.15) is 0 Å². The Bertz CT molecular complexity index is 829. The first-order chi connectivity index (χ1) is 14.7. The van der Waals surface area contributed by atoms with E-state index in [1.54, 1.807) is 18.0 Å². The van der Waals surface area contributed by atoms with Gasteiger partial charge in [0.05, 0.1) is 11.7 Å². The van der Waals surface area contributed by atoms with E-state index < -0.39 is 0 Å². The zero-order valence-electron chi connectivity index (χ0n) is 17.4. The van der Waals surface area contributed by atoms with E-state index in [0.717, 1.165) is 43.1 Å². The SMILES string of the molecule is O=C(NCc1ccc(CN2CCC(O)CC2)cc1)c1cccnc1SC1CCCC1. The summed E-state index contributed by atoms with van der Waals surface area (Å²) >= 11 is 1.75. The molecular weight excluding hydrogens is 394 g/mol. The topological polar surface area (TPSA) is 65.5 Å². The second-order valence-electron chi connectivity index (χ2n) is 8.39. The molecule has 5 nitrogen and oxygen atoms in total. The molecule has 1 aliphatic carbocycles. The molecule has 2 fully saturated rings. The fourth-order valence-electron chi connectivity index (χ4n) is 4.20. The first kappa shape index (κ1) is 21.3. The third-order valence-electron chi connectivity index (χ3n) is 6.04. The van der Waals surface area contributed by atoms with Gasteiger partial charge < -0.3 is 10.4 Å². The van der Waals surface area contributed by atoms with Gasteiger partial charge in [-0.15, -0.1) is 11.8 Å². The maximum Gasteiger partial charge on any atom is 0.254 e. The molecule has 30 heavy (non-hydrogen) atoms. The number of nitrogens with one attached hydrogen (secondary N) is 1. The summed E-state index contributed by atoms with van der Waals surface area (Å²) in [5.41, 5.74) is 3.04. The number of hydrogen-bond acceptors (Lipinski definition) is 5. The number of benzene rings is 1. The van der Waals surface area contributed by atoms with Gasteiger partial charge in [-0.05, 0) is 48.9 Å². The van der Waals surface area contributed by atoms with Crippen molar-refractivity contribution in [3.05, 3.63) is 59.3 Å². The van der Waals surface area contributed by atoms with Gasteiger partial charge in [-0.3, -0.25) is 9.69 Å². The minimum atomic E-state index is -0.135. The lowest BCUT2D eigenvalue weighted by Crippen LogP contribution is -2.35. The van der Waals surface area contributed by atoms with Crippen LogP contribution in [0.2, 0.25) is 0 Å². The number of hydrogen-bond donors (Lipinski definition) is 2. The lowest BCUT2D eigenvalue weighted by atomic mass is 10.1. The number of aliphatic hydroxyl groups is 1. The van der Waals surface area contributed by atoms with Gasteiger partial charge in [-0.1, -0.05) is 37.1 Å². The summed E-state index contributed by atoms with van der Waals surface area (Å²) in [4.78, 5) is 19.6. The van der Waals surface area contributed by atoms with Crippen LogP contribution >= 0.6 is 11.8 Å². The first-order valence-corrected chi connectivity index (χ1v) is 11.9. The summed E-state index contributed by atoms with van der Waals surface area (Å²) < 4.78 is 0. The van der Waals surface area contributed by atoms with Gasteiger partial charge in [-0.25, -0.2) is 4.98 Å². The molecule has 2 aromatic rings. The van der Waals surface area contributed by atoms with Crippen LogP contribution in [0.4, 0.5) is 0 Å². The predicted octanol–water partition coefficient (Wildman–Crippen LogP) is 4.00. The Hall–Kier alpha value is -1.89. The van der Waals surface area contributed by atoms with Crippen molar-refractivity contribution in [2.75, 3.05) is 13.1 Å². The highest BCUT2D eigenvalue weighted by atomic mass is 32.2. The quantitative estimate of drug-likeness (QED) is 0.702. The number of aromatic nitrogens is 1. The van der Waals surface area contributed by atoms with Crippen molar-refractivity contribution in [1.29, 1.82) is 0 Å². The highest BCUT2D eigenvalue weighted by Gasteiger charge is 2.21. The fourth-order valence-corrected chi connectivity index (χ4v) is 5.49. The highest BCUT2D eigenvalue weighted by molar-refractivity contribution is 7.99. The van der Waals surface area contributed by atoms with Crippen LogP contribution in [-0.2, 0) is 13.1 Å². The van der Waals surface area contributed by atoms with Gasteiger partial charge in [0.1, 0.15) is 5.03 Å². The van der Waals surface area contributed by atoms with Gasteiger partial charge in [0.25, 0.3) is 5.91 Å². The summed E-state index contributed by atoms with van der Waals surface area (Å²) in [5, 5.41) is 14.1. The second-order valence-corrected chi connectivity index (χ2v) is 9.68. The van der Waals surface area contributed by atoms with Crippen LogP contribution in [0, 0.1) is 0 Å². The molecule has 2 N–H and O–H groups in total. The van der Waals surface area contributed by atoms with E-state index >= 15 is 0 Å². The van der Waals surface area contributed by atoms with Crippen LogP contribution in [0.15, 0.2) is 47.6 Å². The van der Waals surface area contributed by atoms with Crippen molar-refractivity contribution in [2.24, 2.45) is 0 Å². The Morgan fingerprint density at radius 3 is 2.50 bits per heavy atom. The number of piperidine rings is 1. The Labute approximate surface area is 183 Å². The third kappa shape index (κ3) is 5.84. The standard InChI is InChI=1S/C24H31N3O2S/c28-20-11-14-27(15-12-20)17-19-9-7-18(8-10-19)16-26-23(29)22-6-3-13-25-24(22)30-21-4-1-2-5-21/h3,6-10,13,20-21,28H,1-2,4-5,11-12,14-17H2,(H,26,29). The maximum absolute atomic E-state index is 12.8. The lowest BCUT2D eigenvalue weighted by molar-refractivity contribution is 0.0792.